The summed E-state index contributed by atoms with van der Waals surface area (Å²) >= 11 is 1.25. The van der Waals surface area contributed by atoms with Crippen molar-refractivity contribution < 1.29 is 23.5 Å². The second-order valence-corrected chi connectivity index (χ2v) is 8.24. The normalized spacial score (nSPS) is 14.4. The van der Waals surface area contributed by atoms with E-state index >= 15 is 0 Å². The van der Waals surface area contributed by atoms with E-state index in [2.05, 4.69) is 22.1 Å². The minimum Gasteiger partial charge on any atom is -0.459 e. The smallest absolute Gasteiger partial charge is 0.290 e. The first kappa shape index (κ1) is 23.9. The van der Waals surface area contributed by atoms with E-state index in [-0.39, 0.29) is 43.7 Å². The van der Waals surface area contributed by atoms with Gasteiger partial charge in [-0.3, -0.25) is 14.4 Å². The van der Waals surface area contributed by atoms with Gasteiger partial charge in [0.15, 0.2) is 10.9 Å². The Hall–Kier alpha value is -2.76. The molecule has 10 nitrogen and oxygen atoms in total. The van der Waals surface area contributed by atoms with Crippen LogP contribution >= 0.6 is 11.3 Å². The summed E-state index contributed by atoms with van der Waals surface area (Å²) in [5, 5.41) is 4.87. The lowest BCUT2D eigenvalue weighted by molar-refractivity contribution is -0.132. The molecule has 0 unspecified atom stereocenters. The van der Waals surface area contributed by atoms with Gasteiger partial charge < -0.3 is 29.2 Å². The van der Waals surface area contributed by atoms with Crippen LogP contribution in [0.5, 0.6) is 0 Å². The first-order chi connectivity index (χ1) is 15.5. The average molecular weight is 464 g/mol. The van der Waals surface area contributed by atoms with Crippen LogP contribution in [0.25, 0.3) is 0 Å². The molecule has 0 saturated carbocycles. The quantitative estimate of drug-likeness (QED) is 0.563. The summed E-state index contributed by atoms with van der Waals surface area (Å²) in [6, 6.07) is 3.16. The molecule has 0 atom stereocenters. The Morgan fingerprint density at radius 3 is 2.72 bits per heavy atom. The van der Waals surface area contributed by atoms with Crippen LogP contribution in [-0.4, -0.2) is 96.9 Å². The number of anilines is 1. The molecule has 32 heavy (non-hydrogen) atoms. The zero-order valence-electron chi connectivity index (χ0n) is 18.4. The molecule has 1 aliphatic rings. The highest BCUT2D eigenvalue weighted by atomic mass is 32.1. The molecule has 3 amide bonds. The highest BCUT2D eigenvalue weighted by Gasteiger charge is 2.23. The fraction of sp³-hybridized carbons (Fsp3) is 0.524. The molecule has 2 aromatic rings. The van der Waals surface area contributed by atoms with Crippen LogP contribution in [0.15, 0.2) is 28.2 Å². The minimum atomic E-state index is -0.393. The van der Waals surface area contributed by atoms with Crippen LogP contribution in [0, 0.1) is 0 Å². The number of hydrogen-bond donors (Lipinski definition) is 1. The van der Waals surface area contributed by atoms with Gasteiger partial charge in [0.05, 0.1) is 25.0 Å². The van der Waals surface area contributed by atoms with Crippen molar-refractivity contribution in [3.05, 3.63) is 35.2 Å². The monoisotopic (exact) mass is 463 g/mol. The largest absolute Gasteiger partial charge is 0.459 e. The van der Waals surface area contributed by atoms with Gasteiger partial charge in [-0.15, -0.1) is 11.3 Å². The van der Waals surface area contributed by atoms with Crippen LogP contribution < -0.4 is 5.32 Å². The van der Waals surface area contributed by atoms with Gasteiger partial charge in [0.2, 0.25) is 11.8 Å². The molecule has 3 heterocycles. The maximum absolute atomic E-state index is 12.6. The summed E-state index contributed by atoms with van der Waals surface area (Å²) in [4.78, 5) is 47.5. The minimum absolute atomic E-state index is 0.0405. The molecule has 0 aromatic carbocycles. The third-order valence-electron chi connectivity index (χ3n) is 5.22. The molecule has 1 aliphatic heterocycles. The molecule has 0 radical (unpaired) electrons. The molecular formula is C21H29N5O5S. The second kappa shape index (κ2) is 11.7. The number of carbonyl (C=O) groups excluding carboxylic acids is 3. The molecular weight excluding hydrogens is 434 g/mol. The topological polar surface area (TPSA) is 108 Å². The fourth-order valence-corrected chi connectivity index (χ4v) is 4.09. The van der Waals surface area contributed by atoms with Crippen LogP contribution in [-0.2, 0) is 20.7 Å². The number of hydrogen-bond acceptors (Lipinski definition) is 8. The Kier molecular flexibility index (Phi) is 8.77. The molecule has 1 fully saturated rings. The number of nitrogens with one attached hydrogen (secondary N) is 1. The summed E-state index contributed by atoms with van der Waals surface area (Å²) in [6.45, 7) is 6.69. The van der Waals surface area contributed by atoms with E-state index in [1.54, 1.807) is 17.5 Å². The van der Waals surface area contributed by atoms with Crippen LogP contribution in [0.2, 0.25) is 0 Å². The number of methoxy groups -OCH3 is 1. The summed E-state index contributed by atoms with van der Waals surface area (Å²) in [7, 11) is 1.53. The SMILES string of the molecule is CCN1CCN(C(=O)Cc2csc(NC(=O)CN(CCOC)C(=O)c3ccco3)n2)CC1. The average Bonchev–Trinajstić information content (AvgIpc) is 3.48. The van der Waals surface area contributed by atoms with E-state index in [1.807, 2.05) is 4.90 Å². The standard InChI is InChI=1S/C21H29N5O5S/c1-3-24-6-8-25(9-7-24)19(28)13-16-15-32-21(22-16)23-18(27)14-26(10-12-30-2)20(29)17-5-4-11-31-17/h4-5,11,15H,3,6-10,12-14H2,1-2H3,(H,22,23,27). The first-order valence-corrected chi connectivity index (χ1v) is 11.4. The van der Waals surface area contributed by atoms with Gasteiger partial charge in [-0.25, -0.2) is 4.98 Å². The van der Waals surface area contributed by atoms with Crippen LogP contribution in [0.1, 0.15) is 23.2 Å². The number of amides is 3. The van der Waals surface area contributed by atoms with Gasteiger partial charge in [0, 0.05) is 45.2 Å². The summed E-state index contributed by atoms with van der Waals surface area (Å²) in [5.41, 5.74) is 0.621. The number of carbonyl (C=O) groups is 3. The molecule has 3 rings (SSSR count). The Labute approximate surface area is 191 Å². The van der Waals surface area contributed by atoms with Crippen molar-refractivity contribution >= 4 is 34.2 Å². The van der Waals surface area contributed by atoms with Crippen molar-refractivity contribution in [1.82, 2.24) is 19.7 Å². The van der Waals surface area contributed by atoms with Crippen molar-refractivity contribution in [3.8, 4) is 0 Å². The van der Waals surface area contributed by atoms with Crippen molar-refractivity contribution in [2.45, 2.75) is 13.3 Å². The van der Waals surface area contributed by atoms with E-state index in [0.717, 1.165) is 32.7 Å². The highest BCUT2D eigenvalue weighted by molar-refractivity contribution is 7.13. The molecule has 1 saturated heterocycles. The van der Waals surface area contributed by atoms with E-state index in [4.69, 9.17) is 9.15 Å². The van der Waals surface area contributed by atoms with Crippen molar-refractivity contribution in [2.75, 3.05) is 64.8 Å². The number of rotatable bonds is 10. The van der Waals surface area contributed by atoms with Gasteiger partial charge in [0.1, 0.15) is 6.54 Å². The molecule has 174 valence electrons. The predicted octanol–water partition coefficient (Wildman–Crippen LogP) is 1.17. The van der Waals surface area contributed by atoms with Crippen molar-refractivity contribution in [2.24, 2.45) is 0 Å². The number of ether oxygens (including phenoxy) is 1. The predicted molar refractivity (Wildman–Crippen MR) is 120 cm³/mol. The zero-order valence-corrected chi connectivity index (χ0v) is 19.2. The molecule has 0 spiro atoms. The number of aromatic nitrogens is 1. The number of thiazole rings is 1. The first-order valence-electron chi connectivity index (χ1n) is 10.6. The van der Waals surface area contributed by atoms with Gasteiger partial charge in [-0.1, -0.05) is 6.92 Å². The Morgan fingerprint density at radius 1 is 1.28 bits per heavy atom. The van der Waals surface area contributed by atoms with Gasteiger partial charge >= 0.3 is 0 Å². The van der Waals surface area contributed by atoms with Crippen molar-refractivity contribution in [3.63, 3.8) is 0 Å². The highest BCUT2D eigenvalue weighted by Crippen LogP contribution is 2.17. The van der Waals surface area contributed by atoms with E-state index in [9.17, 15) is 14.4 Å². The number of furan rings is 1. The molecule has 0 aliphatic carbocycles. The molecule has 0 bridgehead atoms. The van der Waals surface area contributed by atoms with Crippen LogP contribution in [0.4, 0.5) is 5.13 Å². The van der Waals surface area contributed by atoms with Gasteiger partial charge in [-0.05, 0) is 18.7 Å². The number of piperazine rings is 1. The lowest BCUT2D eigenvalue weighted by Gasteiger charge is -2.34. The summed E-state index contributed by atoms with van der Waals surface area (Å²) < 4.78 is 10.2. The lowest BCUT2D eigenvalue weighted by Crippen LogP contribution is -2.48. The Morgan fingerprint density at radius 2 is 2.06 bits per heavy atom. The lowest BCUT2D eigenvalue weighted by atomic mass is 10.2. The summed E-state index contributed by atoms with van der Waals surface area (Å²) in [6.07, 6.45) is 1.61. The van der Waals surface area contributed by atoms with Gasteiger partial charge in [0.25, 0.3) is 5.91 Å². The van der Waals surface area contributed by atoms with Crippen molar-refractivity contribution in [1.29, 1.82) is 0 Å². The Bertz CT molecular complexity index is 892. The van der Waals surface area contributed by atoms with E-state index in [1.165, 1.54) is 29.6 Å². The number of likely N-dealkylation sites (N-methyl/N-ethyl adjacent to an activating group) is 1. The molecule has 1 N–H and O–H groups in total. The molecule has 2 aromatic heterocycles. The Balaban J connectivity index is 1.51. The second-order valence-electron chi connectivity index (χ2n) is 7.38. The summed E-state index contributed by atoms with van der Waals surface area (Å²) in [5.74, 6) is -0.581. The number of nitrogens with zero attached hydrogens (tertiary/aromatic N) is 4. The molecule has 11 heteroatoms. The maximum Gasteiger partial charge on any atom is 0.290 e. The third kappa shape index (κ3) is 6.62. The van der Waals surface area contributed by atoms with E-state index < -0.39 is 5.91 Å². The van der Waals surface area contributed by atoms with E-state index in [0.29, 0.717) is 10.8 Å². The third-order valence-corrected chi connectivity index (χ3v) is 6.03. The zero-order chi connectivity index (χ0) is 22.9. The van der Waals surface area contributed by atoms with Crippen LogP contribution in [0.3, 0.4) is 0 Å². The maximum atomic E-state index is 12.6. The van der Waals surface area contributed by atoms with Gasteiger partial charge in [-0.2, -0.15) is 0 Å². The fourth-order valence-electron chi connectivity index (χ4n) is 3.37.